The normalized spacial score (nSPS) is 17.4. The van der Waals surface area contributed by atoms with Gasteiger partial charge in [0.25, 0.3) is 0 Å². The molecule has 2 rings (SSSR count). The van der Waals surface area contributed by atoms with Gasteiger partial charge in [0, 0.05) is 31.7 Å². The molecule has 3 N–H and O–H groups in total. The summed E-state index contributed by atoms with van der Waals surface area (Å²) in [5.41, 5.74) is 7.63. The number of amides is 1. The zero-order valence-corrected chi connectivity index (χ0v) is 12.7. The highest BCUT2D eigenvalue weighted by Crippen LogP contribution is 2.13. The van der Waals surface area contributed by atoms with Crippen LogP contribution in [0.4, 0.5) is 5.69 Å². The summed E-state index contributed by atoms with van der Waals surface area (Å²) >= 11 is 0. The summed E-state index contributed by atoms with van der Waals surface area (Å²) in [6.45, 7) is 7.03. The Kier molecular flexibility index (Phi) is 6.17. The average molecular weight is 291 g/mol. The van der Waals surface area contributed by atoms with E-state index in [0.29, 0.717) is 13.0 Å². The summed E-state index contributed by atoms with van der Waals surface area (Å²) in [4.78, 5) is 14.2. The van der Waals surface area contributed by atoms with Crippen molar-refractivity contribution in [1.29, 1.82) is 0 Å². The molecular formula is C16H25N3O2. The fraction of sp³-hybridized carbons (Fsp3) is 0.562. The topological polar surface area (TPSA) is 67.6 Å². The molecule has 1 atom stereocenters. The van der Waals surface area contributed by atoms with Crippen LogP contribution in [0.1, 0.15) is 18.9 Å². The number of hydrogen-bond donors (Lipinski definition) is 2. The SMILES string of the molecule is CC(CN)CC(=O)Nc1ccc(CN2CCOCC2)cc1. The second-order valence-electron chi connectivity index (χ2n) is 5.68. The Morgan fingerprint density at radius 1 is 1.33 bits per heavy atom. The molecule has 1 aromatic rings. The minimum absolute atomic E-state index is 0.0221. The van der Waals surface area contributed by atoms with Gasteiger partial charge in [-0.15, -0.1) is 0 Å². The first-order valence-corrected chi connectivity index (χ1v) is 7.56. The van der Waals surface area contributed by atoms with Crippen LogP contribution in [-0.2, 0) is 16.1 Å². The van der Waals surface area contributed by atoms with E-state index in [9.17, 15) is 4.79 Å². The van der Waals surface area contributed by atoms with E-state index in [1.807, 2.05) is 19.1 Å². The van der Waals surface area contributed by atoms with E-state index in [1.54, 1.807) is 0 Å². The highest BCUT2D eigenvalue weighted by atomic mass is 16.5. The van der Waals surface area contributed by atoms with Gasteiger partial charge in [-0.05, 0) is 30.2 Å². The first-order chi connectivity index (χ1) is 10.2. The zero-order chi connectivity index (χ0) is 15.1. The van der Waals surface area contributed by atoms with Gasteiger partial charge in [0.2, 0.25) is 5.91 Å². The number of morpholine rings is 1. The van der Waals surface area contributed by atoms with Gasteiger partial charge in [0.1, 0.15) is 0 Å². The molecule has 1 aromatic carbocycles. The molecule has 0 saturated carbocycles. The summed E-state index contributed by atoms with van der Waals surface area (Å²) in [6.07, 6.45) is 0.464. The maximum atomic E-state index is 11.8. The van der Waals surface area contributed by atoms with Crippen molar-refractivity contribution in [3.63, 3.8) is 0 Å². The number of ether oxygens (including phenoxy) is 1. The Morgan fingerprint density at radius 3 is 2.62 bits per heavy atom. The lowest BCUT2D eigenvalue weighted by atomic mass is 10.1. The summed E-state index contributed by atoms with van der Waals surface area (Å²) in [5, 5.41) is 2.91. The number of anilines is 1. The van der Waals surface area contributed by atoms with Gasteiger partial charge in [0.05, 0.1) is 13.2 Å². The monoisotopic (exact) mass is 291 g/mol. The molecule has 1 aliphatic rings. The molecule has 1 fully saturated rings. The number of hydrogen-bond acceptors (Lipinski definition) is 4. The molecule has 0 bridgehead atoms. The molecule has 5 heteroatoms. The number of nitrogens with zero attached hydrogens (tertiary/aromatic N) is 1. The van der Waals surface area contributed by atoms with Crippen LogP contribution in [0, 0.1) is 5.92 Å². The van der Waals surface area contributed by atoms with Crippen molar-refractivity contribution in [2.45, 2.75) is 19.9 Å². The summed E-state index contributed by atoms with van der Waals surface area (Å²) in [7, 11) is 0. The highest BCUT2D eigenvalue weighted by Gasteiger charge is 2.11. The maximum absolute atomic E-state index is 11.8. The van der Waals surface area contributed by atoms with Crippen LogP contribution in [0.5, 0.6) is 0 Å². The van der Waals surface area contributed by atoms with Crippen molar-refractivity contribution in [2.24, 2.45) is 11.7 Å². The van der Waals surface area contributed by atoms with Crippen molar-refractivity contribution in [1.82, 2.24) is 4.90 Å². The number of benzene rings is 1. The molecule has 1 amide bonds. The Morgan fingerprint density at radius 2 is 2.00 bits per heavy atom. The number of nitrogens with two attached hydrogens (primary N) is 1. The Balaban J connectivity index is 1.82. The molecule has 1 heterocycles. The molecule has 5 nitrogen and oxygen atoms in total. The summed E-state index contributed by atoms with van der Waals surface area (Å²) in [5.74, 6) is 0.236. The van der Waals surface area contributed by atoms with E-state index in [4.69, 9.17) is 10.5 Å². The van der Waals surface area contributed by atoms with Crippen LogP contribution >= 0.6 is 0 Å². The lowest BCUT2D eigenvalue weighted by Gasteiger charge is -2.26. The molecule has 21 heavy (non-hydrogen) atoms. The summed E-state index contributed by atoms with van der Waals surface area (Å²) < 4.78 is 5.34. The number of carbonyl (C=O) groups is 1. The molecule has 0 aliphatic carbocycles. The van der Waals surface area contributed by atoms with Gasteiger partial charge < -0.3 is 15.8 Å². The third-order valence-electron chi connectivity index (χ3n) is 3.68. The molecule has 0 spiro atoms. The van der Waals surface area contributed by atoms with Crippen LogP contribution in [-0.4, -0.2) is 43.7 Å². The van der Waals surface area contributed by atoms with Crippen LogP contribution in [0.3, 0.4) is 0 Å². The molecule has 1 aliphatic heterocycles. The Bertz CT molecular complexity index is 441. The lowest BCUT2D eigenvalue weighted by Crippen LogP contribution is -2.35. The van der Waals surface area contributed by atoms with Gasteiger partial charge in [-0.3, -0.25) is 9.69 Å². The fourth-order valence-electron chi connectivity index (χ4n) is 2.32. The fourth-order valence-corrected chi connectivity index (χ4v) is 2.32. The third kappa shape index (κ3) is 5.46. The zero-order valence-electron chi connectivity index (χ0n) is 12.7. The highest BCUT2D eigenvalue weighted by molar-refractivity contribution is 5.90. The predicted molar refractivity (Wildman–Crippen MR) is 84.0 cm³/mol. The second-order valence-corrected chi connectivity index (χ2v) is 5.68. The predicted octanol–water partition coefficient (Wildman–Crippen LogP) is 1.44. The number of rotatable bonds is 6. The Hall–Kier alpha value is -1.43. The van der Waals surface area contributed by atoms with Crippen LogP contribution in [0.2, 0.25) is 0 Å². The van der Waals surface area contributed by atoms with E-state index in [0.717, 1.165) is 38.5 Å². The first-order valence-electron chi connectivity index (χ1n) is 7.56. The van der Waals surface area contributed by atoms with Gasteiger partial charge in [-0.25, -0.2) is 0 Å². The van der Waals surface area contributed by atoms with Crippen molar-refractivity contribution in [3.8, 4) is 0 Å². The standard InChI is InChI=1S/C16H25N3O2/c1-13(11-17)10-16(20)18-15-4-2-14(3-5-15)12-19-6-8-21-9-7-19/h2-5,13H,6-12,17H2,1H3,(H,18,20). The van der Waals surface area contributed by atoms with Crippen molar-refractivity contribution >= 4 is 11.6 Å². The maximum Gasteiger partial charge on any atom is 0.224 e. The molecule has 1 saturated heterocycles. The quantitative estimate of drug-likeness (QED) is 0.832. The average Bonchev–Trinajstić information content (AvgIpc) is 2.50. The molecule has 116 valence electrons. The van der Waals surface area contributed by atoms with Crippen molar-refractivity contribution in [3.05, 3.63) is 29.8 Å². The van der Waals surface area contributed by atoms with Gasteiger partial charge in [-0.2, -0.15) is 0 Å². The van der Waals surface area contributed by atoms with E-state index in [-0.39, 0.29) is 11.8 Å². The van der Waals surface area contributed by atoms with E-state index < -0.39 is 0 Å². The molecule has 0 radical (unpaired) electrons. The van der Waals surface area contributed by atoms with Gasteiger partial charge in [-0.1, -0.05) is 19.1 Å². The van der Waals surface area contributed by atoms with E-state index in [1.165, 1.54) is 5.56 Å². The molecule has 1 unspecified atom stereocenters. The third-order valence-corrected chi connectivity index (χ3v) is 3.68. The van der Waals surface area contributed by atoms with Crippen LogP contribution in [0.25, 0.3) is 0 Å². The Labute approximate surface area is 126 Å². The second kappa shape index (κ2) is 8.12. The van der Waals surface area contributed by atoms with Crippen LogP contribution < -0.4 is 11.1 Å². The number of carbonyl (C=O) groups excluding carboxylic acids is 1. The molecular weight excluding hydrogens is 266 g/mol. The van der Waals surface area contributed by atoms with Gasteiger partial charge >= 0.3 is 0 Å². The van der Waals surface area contributed by atoms with Crippen LogP contribution in [0.15, 0.2) is 24.3 Å². The van der Waals surface area contributed by atoms with Crippen molar-refractivity contribution in [2.75, 3.05) is 38.2 Å². The lowest BCUT2D eigenvalue weighted by molar-refractivity contribution is -0.116. The van der Waals surface area contributed by atoms with E-state index >= 15 is 0 Å². The van der Waals surface area contributed by atoms with E-state index in [2.05, 4.69) is 22.3 Å². The smallest absolute Gasteiger partial charge is 0.224 e. The first kappa shape index (κ1) is 15.9. The van der Waals surface area contributed by atoms with Gasteiger partial charge in [0.15, 0.2) is 0 Å². The molecule has 0 aromatic heterocycles. The minimum Gasteiger partial charge on any atom is -0.379 e. The number of nitrogens with one attached hydrogen (secondary N) is 1. The van der Waals surface area contributed by atoms with Crippen molar-refractivity contribution < 1.29 is 9.53 Å². The summed E-state index contributed by atoms with van der Waals surface area (Å²) in [6, 6.07) is 8.05. The largest absolute Gasteiger partial charge is 0.379 e. The minimum atomic E-state index is 0.0221.